The molecular formula is C13H13FN4O3S. The molecule has 0 aliphatic carbocycles. The molecule has 0 fully saturated rings. The van der Waals surface area contributed by atoms with Crippen LogP contribution in [0.3, 0.4) is 0 Å². The van der Waals surface area contributed by atoms with Crippen molar-refractivity contribution >= 4 is 28.6 Å². The Balaban J connectivity index is 2.30. The Labute approximate surface area is 129 Å². The second-order valence-corrected chi connectivity index (χ2v) is 5.72. The SMILES string of the molecule is Cc1nc(CN(C)C(=O)c2cc(F)cc([N+](=O)[O-])c2N)cs1. The number of amides is 1. The van der Waals surface area contributed by atoms with E-state index in [4.69, 9.17) is 5.73 Å². The number of anilines is 1. The van der Waals surface area contributed by atoms with E-state index in [-0.39, 0.29) is 17.8 Å². The Morgan fingerprint density at radius 2 is 2.23 bits per heavy atom. The fraction of sp³-hybridized carbons (Fsp3) is 0.231. The van der Waals surface area contributed by atoms with E-state index in [1.165, 1.54) is 23.3 Å². The van der Waals surface area contributed by atoms with Crippen LogP contribution in [0.5, 0.6) is 0 Å². The number of aromatic nitrogens is 1. The molecule has 1 aromatic heterocycles. The summed E-state index contributed by atoms with van der Waals surface area (Å²) in [5.74, 6) is -1.49. The lowest BCUT2D eigenvalue weighted by Gasteiger charge is -2.17. The van der Waals surface area contributed by atoms with Crippen LogP contribution in [-0.4, -0.2) is 27.8 Å². The largest absolute Gasteiger partial charge is 0.393 e. The number of carbonyl (C=O) groups is 1. The summed E-state index contributed by atoms with van der Waals surface area (Å²) in [7, 11) is 1.49. The van der Waals surface area contributed by atoms with Crippen LogP contribution in [0.1, 0.15) is 21.1 Å². The second kappa shape index (κ2) is 6.06. The molecule has 0 aliphatic heterocycles. The Morgan fingerprint density at radius 3 is 2.77 bits per heavy atom. The zero-order valence-electron chi connectivity index (χ0n) is 11.9. The average Bonchev–Trinajstić information content (AvgIpc) is 2.85. The molecule has 0 spiro atoms. The number of hydrogen-bond donors (Lipinski definition) is 1. The quantitative estimate of drug-likeness (QED) is 0.528. The number of thiazole rings is 1. The number of nitro groups is 1. The smallest absolute Gasteiger partial charge is 0.295 e. The Kier molecular flexibility index (Phi) is 4.36. The average molecular weight is 324 g/mol. The molecule has 22 heavy (non-hydrogen) atoms. The first kappa shape index (κ1) is 15.8. The van der Waals surface area contributed by atoms with Crippen molar-refractivity contribution in [3.8, 4) is 0 Å². The summed E-state index contributed by atoms with van der Waals surface area (Å²) in [4.78, 5) is 27.9. The lowest BCUT2D eigenvalue weighted by Crippen LogP contribution is -2.27. The predicted molar refractivity (Wildman–Crippen MR) is 80.1 cm³/mol. The molecule has 1 aromatic carbocycles. The molecular weight excluding hydrogens is 311 g/mol. The summed E-state index contributed by atoms with van der Waals surface area (Å²) < 4.78 is 13.5. The third-order valence-electron chi connectivity index (χ3n) is 2.96. The molecule has 0 saturated carbocycles. The van der Waals surface area contributed by atoms with Crippen LogP contribution < -0.4 is 5.73 Å². The molecule has 0 radical (unpaired) electrons. The van der Waals surface area contributed by atoms with Gasteiger partial charge in [0.2, 0.25) is 0 Å². The molecule has 9 heteroatoms. The second-order valence-electron chi connectivity index (χ2n) is 4.66. The monoisotopic (exact) mass is 324 g/mol. The van der Waals surface area contributed by atoms with Crippen molar-refractivity contribution < 1.29 is 14.1 Å². The highest BCUT2D eigenvalue weighted by Gasteiger charge is 2.24. The first-order valence-electron chi connectivity index (χ1n) is 6.19. The molecule has 1 amide bonds. The molecule has 0 bridgehead atoms. The van der Waals surface area contributed by atoms with Gasteiger partial charge in [-0.1, -0.05) is 0 Å². The van der Waals surface area contributed by atoms with Gasteiger partial charge in [-0.05, 0) is 13.0 Å². The van der Waals surface area contributed by atoms with Crippen LogP contribution in [0.2, 0.25) is 0 Å². The zero-order valence-corrected chi connectivity index (χ0v) is 12.7. The fourth-order valence-electron chi connectivity index (χ4n) is 1.93. The van der Waals surface area contributed by atoms with E-state index in [9.17, 15) is 19.3 Å². The summed E-state index contributed by atoms with van der Waals surface area (Å²) in [5.41, 5.74) is 5.09. The first-order valence-corrected chi connectivity index (χ1v) is 7.07. The molecule has 0 atom stereocenters. The molecule has 116 valence electrons. The van der Waals surface area contributed by atoms with Gasteiger partial charge in [-0.15, -0.1) is 11.3 Å². The Bertz CT molecular complexity index is 747. The number of nitrogens with zero attached hydrogens (tertiary/aromatic N) is 3. The highest BCUT2D eigenvalue weighted by atomic mass is 32.1. The van der Waals surface area contributed by atoms with Gasteiger partial charge in [-0.25, -0.2) is 9.37 Å². The van der Waals surface area contributed by atoms with Gasteiger partial charge in [0, 0.05) is 12.4 Å². The molecule has 2 aromatic rings. The number of halogens is 1. The number of nitrogen functional groups attached to an aromatic ring is 1. The van der Waals surface area contributed by atoms with Crippen LogP contribution in [0.4, 0.5) is 15.8 Å². The normalized spacial score (nSPS) is 10.5. The first-order chi connectivity index (χ1) is 10.3. The predicted octanol–water partition coefficient (Wildman–Crippen LogP) is 2.35. The number of rotatable bonds is 4. The lowest BCUT2D eigenvalue weighted by atomic mass is 10.1. The minimum atomic E-state index is -0.887. The van der Waals surface area contributed by atoms with Crippen LogP contribution in [-0.2, 0) is 6.54 Å². The number of carbonyl (C=O) groups excluding carboxylic acids is 1. The van der Waals surface area contributed by atoms with Crippen LogP contribution in [0, 0.1) is 22.9 Å². The van der Waals surface area contributed by atoms with E-state index in [1.54, 1.807) is 5.38 Å². The molecule has 0 unspecified atom stereocenters. The molecule has 2 N–H and O–H groups in total. The number of hydrogen-bond acceptors (Lipinski definition) is 6. The standard InChI is InChI=1S/C13H13FN4O3S/c1-7-16-9(6-22-7)5-17(2)13(19)10-3-8(14)4-11(12(10)15)18(20)21/h3-4,6H,5,15H2,1-2H3. The Hall–Kier alpha value is -2.55. The molecule has 2 rings (SSSR count). The van der Waals surface area contributed by atoms with E-state index >= 15 is 0 Å². The van der Waals surface area contributed by atoms with Gasteiger partial charge >= 0.3 is 0 Å². The zero-order chi connectivity index (χ0) is 16.4. The molecule has 0 aliphatic rings. The van der Waals surface area contributed by atoms with Crippen molar-refractivity contribution in [2.45, 2.75) is 13.5 Å². The van der Waals surface area contributed by atoms with Crippen LogP contribution in [0.15, 0.2) is 17.5 Å². The van der Waals surface area contributed by atoms with E-state index in [0.29, 0.717) is 11.8 Å². The van der Waals surface area contributed by atoms with Crippen molar-refractivity contribution in [2.75, 3.05) is 12.8 Å². The van der Waals surface area contributed by atoms with E-state index in [1.807, 2.05) is 6.92 Å². The number of aryl methyl sites for hydroxylation is 1. The summed E-state index contributed by atoms with van der Waals surface area (Å²) in [6.07, 6.45) is 0. The van der Waals surface area contributed by atoms with Crippen LogP contribution >= 0.6 is 11.3 Å². The van der Waals surface area contributed by atoms with E-state index in [2.05, 4.69) is 4.98 Å². The maximum absolute atomic E-state index is 13.5. The van der Waals surface area contributed by atoms with Gasteiger partial charge in [0.25, 0.3) is 11.6 Å². The van der Waals surface area contributed by atoms with Crippen molar-refractivity contribution in [1.29, 1.82) is 0 Å². The van der Waals surface area contributed by atoms with Gasteiger partial charge in [0.1, 0.15) is 11.5 Å². The third-order valence-corrected chi connectivity index (χ3v) is 3.78. The van der Waals surface area contributed by atoms with Crippen molar-refractivity contribution in [2.24, 2.45) is 0 Å². The van der Waals surface area contributed by atoms with Gasteiger partial charge in [-0.2, -0.15) is 0 Å². The summed E-state index contributed by atoms with van der Waals surface area (Å²) in [6.45, 7) is 2.04. The van der Waals surface area contributed by atoms with Gasteiger partial charge in [0.15, 0.2) is 0 Å². The number of nitro benzene ring substituents is 1. The van der Waals surface area contributed by atoms with E-state index < -0.39 is 22.3 Å². The van der Waals surface area contributed by atoms with E-state index in [0.717, 1.165) is 11.1 Å². The Morgan fingerprint density at radius 1 is 1.55 bits per heavy atom. The molecule has 7 nitrogen and oxygen atoms in total. The van der Waals surface area contributed by atoms with Gasteiger partial charge < -0.3 is 10.6 Å². The summed E-state index contributed by atoms with van der Waals surface area (Å²) in [6, 6.07) is 1.59. The van der Waals surface area contributed by atoms with Crippen molar-refractivity contribution in [3.05, 3.63) is 49.7 Å². The highest BCUT2D eigenvalue weighted by Crippen LogP contribution is 2.27. The third kappa shape index (κ3) is 3.19. The highest BCUT2D eigenvalue weighted by molar-refractivity contribution is 7.09. The van der Waals surface area contributed by atoms with Gasteiger partial charge in [-0.3, -0.25) is 14.9 Å². The minimum absolute atomic E-state index is 0.201. The topological polar surface area (TPSA) is 102 Å². The van der Waals surface area contributed by atoms with Crippen molar-refractivity contribution in [3.63, 3.8) is 0 Å². The van der Waals surface area contributed by atoms with Crippen molar-refractivity contribution in [1.82, 2.24) is 9.88 Å². The minimum Gasteiger partial charge on any atom is -0.393 e. The van der Waals surface area contributed by atoms with Gasteiger partial charge in [0.05, 0.1) is 33.8 Å². The maximum atomic E-state index is 13.5. The maximum Gasteiger partial charge on any atom is 0.295 e. The summed E-state index contributed by atoms with van der Waals surface area (Å²) >= 11 is 1.44. The fourth-order valence-corrected chi connectivity index (χ4v) is 2.54. The summed E-state index contributed by atoms with van der Waals surface area (Å²) in [5, 5.41) is 13.5. The number of benzene rings is 1. The lowest BCUT2D eigenvalue weighted by molar-refractivity contribution is -0.384. The van der Waals surface area contributed by atoms with Crippen LogP contribution in [0.25, 0.3) is 0 Å². The number of nitrogens with two attached hydrogens (primary N) is 1. The molecule has 0 saturated heterocycles. The molecule has 1 heterocycles.